The summed E-state index contributed by atoms with van der Waals surface area (Å²) >= 11 is 0. The first-order chi connectivity index (χ1) is 8.60. The lowest BCUT2D eigenvalue weighted by Crippen LogP contribution is -1.97. The van der Waals surface area contributed by atoms with Crippen LogP contribution in [-0.2, 0) is 0 Å². The number of hydrogen-bond donors (Lipinski definition) is 2. The smallest absolute Gasteiger partial charge is 0.128 e. The van der Waals surface area contributed by atoms with Gasteiger partial charge in [-0.05, 0) is 30.7 Å². The van der Waals surface area contributed by atoms with Crippen LogP contribution in [-0.4, -0.2) is 7.11 Å². The molecule has 0 fully saturated rings. The summed E-state index contributed by atoms with van der Waals surface area (Å²) < 4.78 is 18.4. The van der Waals surface area contributed by atoms with Crippen molar-refractivity contribution in [2.24, 2.45) is 0 Å². The molecule has 0 unspecified atom stereocenters. The van der Waals surface area contributed by atoms with Gasteiger partial charge in [-0.15, -0.1) is 0 Å². The average molecular weight is 246 g/mol. The Bertz CT molecular complexity index is 570. The number of hydrogen-bond acceptors (Lipinski definition) is 3. The molecule has 0 aliphatic rings. The molecular formula is C14H15FN2O. The highest BCUT2D eigenvalue weighted by Crippen LogP contribution is 2.27. The Morgan fingerprint density at radius 1 is 1.22 bits per heavy atom. The molecule has 0 aliphatic heterocycles. The molecule has 0 saturated heterocycles. The second kappa shape index (κ2) is 4.96. The Morgan fingerprint density at radius 2 is 2.00 bits per heavy atom. The van der Waals surface area contributed by atoms with Crippen LogP contribution in [0.2, 0.25) is 0 Å². The number of benzene rings is 2. The molecular weight excluding hydrogens is 231 g/mol. The van der Waals surface area contributed by atoms with E-state index in [-0.39, 0.29) is 5.82 Å². The summed E-state index contributed by atoms with van der Waals surface area (Å²) in [5.41, 5.74) is 8.93. The van der Waals surface area contributed by atoms with Gasteiger partial charge in [0.25, 0.3) is 0 Å². The Balaban J connectivity index is 2.34. The van der Waals surface area contributed by atoms with Gasteiger partial charge < -0.3 is 15.8 Å². The van der Waals surface area contributed by atoms with Crippen molar-refractivity contribution < 1.29 is 9.13 Å². The van der Waals surface area contributed by atoms with Gasteiger partial charge >= 0.3 is 0 Å². The molecule has 0 aliphatic carbocycles. The van der Waals surface area contributed by atoms with Crippen molar-refractivity contribution in [1.82, 2.24) is 0 Å². The first-order valence-electron chi connectivity index (χ1n) is 5.57. The number of halogens is 1. The largest absolute Gasteiger partial charge is 0.497 e. The topological polar surface area (TPSA) is 47.3 Å². The Morgan fingerprint density at radius 3 is 2.72 bits per heavy atom. The highest BCUT2D eigenvalue weighted by molar-refractivity contribution is 5.69. The molecule has 94 valence electrons. The van der Waals surface area contributed by atoms with Gasteiger partial charge in [0.1, 0.15) is 11.6 Å². The molecule has 3 nitrogen and oxygen atoms in total. The van der Waals surface area contributed by atoms with Crippen LogP contribution in [0.25, 0.3) is 0 Å². The summed E-state index contributed by atoms with van der Waals surface area (Å²) in [6.07, 6.45) is 0. The zero-order chi connectivity index (χ0) is 13.1. The van der Waals surface area contributed by atoms with Crippen LogP contribution in [0.1, 0.15) is 5.56 Å². The van der Waals surface area contributed by atoms with Crippen molar-refractivity contribution >= 4 is 17.1 Å². The molecule has 0 atom stereocenters. The number of nitrogen functional groups attached to an aromatic ring is 1. The van der Waals surface area contributed by atoms with E-state index in [9.17, 15) is 4.39 Å². The van der Waals surface area contributed by atoms with E-state index in [0.717, 1.165) is 11.3 Å². The summed E-state index contributed by atoms with van der Waals surface area (Å²) in [5.74, 6) is 0.123. The van der Waals surface area contributed by atoms with Crippen molar-refractivity contribution in [2.45, 2.75) is 6.92 Å². The number of nitrogens with one attached hydrogen (secondary N) is 1. The van der Waals surface area contributed by atoms with Gasteiger partial charge in [0, 0.05) is 29.2 Å². The minimum atomic E-state index is -0.349. The number of methoxy groups -OCH3 is 1. The highest BCUT2D eigenvalue weighted by atomic mass is 19.1. The third-order valence-corrected chi connectivity index (χ3v) is 2.76. The van der Waals surface area contributed by atoms with E-state index in [1.807, 2.05) is 25.1 Å². The summed E-state index contributed by atoms with van der Waals surface area (Å²) in [5, 5.41) is 3.13. The van der Waals surface area contributed by atoms with E-state index < -0.39 is 0 Å². The van der Waals surface area contributed by atoms with Gasteiger partial charge in [0.2, 0.25) is 0 Å². The van der Waals surface area contributed by atoms with Gasteiger partial charge in [-0.3, -0.25) is 0 Å². The molecule has 18 heavy (non-hydrogen) atoms. The first-order valence-corrected chi connectivity index (χ1v) is 5.57. The van der Waals surface area contributed by atoms with Crippen molar-refractivity contribution in [1.29, 1.82) is 0 Å². The Kier molecular flexibility index (Phi) is 3.37. The Hall–Kier alpha value is -2.23. The number of rotatable bonds is 3. The summed E-state index contributed by atoms with van der Waals surface area (Å²) in [7, 11) is 1.50. The lowest BCUT2D eigenvalue weighted by Gasteiger charge is -2.12. The van der Waals surface area contributed by atoms with Crippen LogP contribution in [0.15, 0.2) is 36.4 Å². The highest BCUT2D eigenvalue weighted by Gasteiger charge is 2.04. The standard InChI is InChI=1S/C14H15FN2O/c1-9-13(16)4-3-5-14(9)17-11-6-10(15)7-12(8-11)18-2/h3-8,17H,16H2,1-2H3. The summed E-state index contributed by atoms with van der Waals surface area (Å²) in [6, 6.07) is 10.0. The van der Waals surface area contributed by atoms with E-state index in [2.05, 4.69) is 5.32 Å². The van der Waals surface area contributed by atoms with Crippen molar-refractivity contribution in [2.75, 3.05) is 18.2 Å². The predicted molar refractivity (Wildman–Crippen MR) is 71.8 cm³/mol. The van der Waals surface area contributed by atoms with Crippen molar-refractivity contribution in [3.63, 3.8) is 0 Å². The van der Waals surface area contributed by atoms with Gasteiger partial charge in [-0.1, -0.05) is 6.07 Å². The molecule has 0 aromatic heterocycles. The van der Waals surface area contributed by atoms with Crippen LogP contribution in [0, 0.1) is 12.7 Å². The van der Waals surface area contributed by atoms with E-state index in [0.29, 0.717) is 17.1 Å². The Labute approximate surface area is 105 Å². The predicted octanol–water partition coefficient (Wildman–Crippen LogP) is 3.47. The quantitative estimate of drug-likeness (QED) is 0.815. The van der Waals surface area contributed by atoms with E-state index in [1.165, 1.54) is 19.2 Å². The molecule has 0 amide bonds. The zero-order valence-corrected chi connectivity index (χ0v) is 10.3. The molecule has 0 heterocycles. The fourth-order valence-electron chi connectivity index (χ4n) is 1.70. The monoisotopic (exact) mass is 246 g/mol. The maximum Gasteiger partial charge on any atom is 0.128 e. The molecule has 2 rings (SSSR count). The molecule has 2 aromatic carbocycles. The molecule has 3 N–H and O–H groups in total. The molecule has 2 aromatic rings. The minimum Gasteiger partial charge on any atom is -0.497 e. The SMILES string of the molecule is COc1cc(F)cc(Nc2cccc(N)c2C)c1. The number of anilines is 3. The molecule has 0 bridgehead atoms. The van der Waals surface area contributed by atoms with Crippen LogP contribution in [0.3, 0.4) is 0 Å². The summed E-state index contributed by atoms with van der Waals surface area (Å²) in [4.78, 5) is 0. The van der Waals surface area contributed by atoms with Crippen LogP contribution >= 0.6 is 0 Å². The van der Waals surface area contributed by atoms with E-state index in [4.69, 9.17) is 10.5 Å². The first kappa shape index (κ1) is 12.2. The maximum absolute atomic E-state index is 13.4. The van der Waals surface area contributed by atoms with Gasteiger partial charge in [-0.25, -0.2) is 4.39 Å². The molecule has 0 radical (unpaired) electrons. The maximum atomic E-state index is 13.4. The summed E-state index contributed by atoms with van der Waals surface area (Å²) in [6.45, 7) is 1.91. The second-order valence-electron chi connectivity index (χ2n) is 4.02. The average Bonchev–Trinajstić information content (AvgIpc) is 2.34. The van der Waals surface area contributed by atoms with Crippen LogP contribution in [0.5, 0.6) is 5.75 Å². The van der Waals surface area contributed by atoms with Crippen molar-refractivity contribution in [3.05, 3.63) is 47.8 Å². The third kappa shape index (κ3) is 2.53. The van der Waals surface area contributed by atoms with Gasteiger partial charge in [0.15, 0.2) is 0 Å². The molecule has 0 spiro atoms. The second-order valence-corrected chi connectivity index (χ2v) is 4.02. The lowest BCUT2D eigenvalue weighted by atomic mass is 10.1. The van der Waals surface area contributed by atoms with Crippen molar-refractivity contribution in [3.8, 4) is 5.75 Å². The van der Waals surface area contributed by atoms with E-state index in [1.54, 1.807) is 6.07 Å². The lowest BCUT2D eigenvalue weighted by molar-refractivity contribution is 0.411. The van der Waals surface area contributed by atoms with E-state index >= 15 is 0 Å². The minimum absolute atomic E-state index is 0.349. The van der Waals surface area contributed by atoms with Gasteiger partial charge in [-0.2, -0.15) is 0 Å². The molecule has 4 heteroatoms. The normalized spacial score (nSPS) is 10.2. The molecule has 0 saturated carbocycles. The fourth-order valence-corrected chi connectivity index (χ4v) is 1.70. The van der Waals surface area contributed by atoms with Gasteiger partial charge in [0.05, 0.1) is 7.11 Å². The zero-order valence-electron chi connectivity index (χ0n) is 10.3. The number of ether oxygens (including phenoxy) is 1. The van der Waals surface area contributed by atoms with Crippen LogP contribution in [0.4, 0.5) is 21.5 Å². The number of nitrogens with two attached hydrogens (primary N) is 1. The third-order valence-electron chi connectivity index (χ3n) is 2.76. The fraction of sp³-hybridized carbons (Fsp3) is 0.143. The van der Waals surface area contributed by atoms with Crippen LogP contribution < -0.4 is 15.8 Å².